The summed E-state index contributed by atoms with van der Waals surface area (Å²) in [6.45, 7) is 4.10. The van der Waals surface area contributed by atoms with Gasteiger partial charge in [0.15, 0.2) is 0 Å². The molecule has 0 saturated heterocycles. The van der Waals surface area contributed by atoms with E-state index in [9.17, 15) is 4.79 Å². The number of carbonyl (C=O) groups excluding carboxylic acids is 1. The smallest absolute Gasteiger partial charge is 0.265 e. The van der Waals surface area contributed by atoms with E-state index in [0.29, 0.717) is 16.6 Å². The second kappa shape index (κ2) is 5.64. The maximum atomic E-state index is 11.8. The zero-order valence-corrected chi connectivity index (χ0v) is 11.1. The maximum absolute atomic E-state index is 11.8. The minimum atomic E-state index is -0.101. The Morgan fingerprint density at radius 2 is 2.17 bits per heavy atom. The van der Waals surface area contributed by atoms with Crippen molar-refractivity contribution in [1.82, 2.24) is 4.98 Å². The first-order valence-electron chi connectivity index (χ1n) is 5.72. The van der Waals surface area contributed by atoms with Crippen LogP contribution in [0.4, 0.5) is 11.5 Å². The number of hydrogen-bond acceptors (Lipinski definition) is 4. The maximum Gasteiger partial charge on any atom is 0.265 e. The van der Waals surface area contributed by atoms with Gasteiger partial charge in [0.2, 0.25) is 0 Å². The molecule has 0 unspecified atom stereocenters. The van der Waals surface area contributed by atoms with E-state index in [0.717, 1.165) is 5.82 Å². The molecule has 5 heteroatoms. The molecule has 0 radical (unpaired) electrons. The average molecular weight is 261 g/mol. The van der Waals surface area contributed by atoms with Crippen molar-refractivity contribution < 1.29 is 4.79 Å². The molecule has 0 saturated carbocycles. The fourth-order valence-electron chi connectivity index (χ4n) is 1.45. The molecule has 0 fully saturated rings. The lowest BCUT2D eigenvalue weighted by Crippen LogP contribution is -2.12. The Bertz CT molecular complexity index is 506. The molecule has 0 aliphatic heterocycles. The predicted molar refractivity (Wildman–Crippen MR) is 75.3 cm³/mol. The topological polar surface area (TPSA) is 54.0 Å². The Morgan fingerprint density at radius 3 is 2.72 bits per heavy atom. The van der Waals surface area contributed by atoms with Gasteiger partial charge in [-0.3, -0.25) is 4.79 Å². The normalized spacial score (nSPS) is 10.4. The number of pyridine rings is 1. The summed E-state index contributed by atoms with van der Waals surface area (Å²) in [5.41, 5.74) is 0.697. The molecule has 0 aliphatic carbocycles. The first-order chi connectivity index (χ1) is 8.65. The van der Waals surface area contributed by atoms with Crippen LogP contribution >= 0.6 is 11.3 Å². The zero-order chi connectivity index (χ0) is 13.0. The van der Waals surface area contributed by atoms with Crippen LogP contribution in [0, 0.1) is 0 Å². The fourth-order valence-corrected chi connectivity index (χ4v) is 2.07. The van der Waals surface area contributed by atoms with Crippen LogP contribution in [-0.4, -0.2) is 16.9 Å². The molecule has 0 bridgehead atoms. The largest absolute Gasteiger partial charge is 0.368 e. The van der Waals surface area contributed by atoms with Gasteiger partial charge in [0, 0.05) is 6.04 Å². The minimum Gasteiger partial charge on any atom is -0.368 e. The van der Waals surface area contributed by atoms with Crippen LogP contribution in [0.25, 0.3) is 0 Å². The second-order valence-electron chi connectivity index (χ2n) is 4.16. The van der Waals surface area contributed by atoms with E-state index < -0.39 is 0 Å². The fraction of sp³-hybridized carbons (Fsp3) is 0.231. The van der Waals surface area contributed by atoms with Crippen molar-refractivity contribution in [2.24, 2.45) is 0 Å². The molecule has 0 aromatic carbocycles. The van der Waals surface area contributed by atoms with Gasteiger partial charge in [-0.25, -0.2) is 4.98 Å². The Morgan fingerprint density at radius 1 is 1.33 bits per heavy atom. The lowest BCUT2D eigenvalue weighted by Gasteiger charge is -2.09. The van der Waals surface area contributed by atoms with Crippen LogP contribution in [0.5, 0.6) is 0 Å². The number of anilines is 2. The van der Waals surface area contributed by atoms with Crippen LogP contribution in [0.3, 0.4) is 0 Å². The molecule has 94 valence electrons. The first kappa shape index (κ1) is 12.6. The molecule has 0 atom stereocenters. The van der Waals surface area contributed by atoms with Crippen LogP contribution in [0.15, 0.2) is 35.8 Å². The lowest BCUT2D eigenvalue weighted by atomic mass is 10.3. The third kappa shape index (κ3) is 3.30. The molecule has 0 aliphatic rings. The molecule has 2 aromatic rings. The summed E-state index contributed by atoms with van der Waals surface area (Å²) in [6.07, 6.45) is 1.65. The zero-order valence-electron chi connectivity index (χ0n) is 10.3. The quantitative estimate of drug-likeness (QED) is 0.888. The van der Waals surface area contributed by atoms with Crippen LogP contribution < -0.4 is 10.6 Å². The standard InChI is InChI=1S/C13H15N3OS/c1-9(2)15-12-6-5-10(8-14-12)16-13(17)11-4-3-7-18-11/h3-9H,1-2H3,(H,14,15)(H,16,17). The van der Waals surface area contributed by atoms with E-state index in [-0.39, 0.29) is 5.91 Å². The molecular formula is C13H15N3OS. The average Bonchev–Trinajstić information content (AvgIpc) is 2.84. The van der Waals surface area contributed by atoms with E-state index >= 15 is 0 Å². The van der Waals surface area contributed by atoms with Crippen molar-refractivity contribution in [3.63, 3.8) is 0 Å². The van der Waals surface area contributed by atoms with Crippen molar-refractivity contribution >= 4 is 28.7 Å². The van der Waals surface area contributed by atoms with Crippen LogP contribution in [-0.2, 0) is 0 Å². The number of rotatable bonds is 4. The second-order valence-corrected chi connectivity index (χ2v) is 5.11. The highest BCUT2D eigenvalue weighted by Gasteiger charge is 2.06. The molecular weight excluding hydrogens is 246 g/mol. The lowest BCUT2D eigenvalue weighted by molar-refractivity contribution is 0.103. The number of aromatic nitrogens is 1. The number of nitrogens with one attached hydrogen (secondary N) is 2. The van der Waals surface area contributed by atoms with Crippen molar-refractivity contribution in [1.29, 1.82) is 0 Å². The molecule has 2 aromatic heterocycles. The molecule has 0 spiro atoms. The highest BCUT2D eigenvalue weighted by molar-refractivity contribution is 7.12. The van der Waals surface area contributed by atoms with Gasteiger partial charge in [0.1, 0.15) is 5.82 Å². The summed E-state index contributed by atoms with van der Waals surface area (Å²) >= 11 is 1.42. The van der Waals surface area contributed by atoms with Crippen molar-refractivity contribution in [2.45, 2.75) is 19.9 Å². The monoisotopic (exact) mass is 261 g/mol. The van der Waals surface area contributed by atoms with Gasteiger partial charge in [0.25, 0.3) is 5.91 Å². The van der Waals surface area contributed by atoms with Crippen LogP contribution in [0.1, 0.15) is 23.5 Å². The van der Waals surface area contributed by atoms with E-state index in [2.05, 4.69) is 15.6 Å². The summed E-state index contributed by atoms with van der Waals surface area (Å²) < 4.78 is 0. The molecule has 1 amide bonds. The predicted octanol–water partition coefficient (Wildman–Crippen LogP) is 3.22. The number of nitrogens with zero attached hydrogens (tertiary/aromatic N) is 1. The van der Waals surface area contributed by atoms with Crippen LogP contribution in [0.2, 0.25) is 0 Å². The van der Waals surface area contributed by atoms with Gasteiger partial charge in [-0.15, -0.1) is 11.3 Å². The minimum absolute atomic E-state index is 0.101. The summed E-state index contributed by atoms with van der Waals surface area (Å²) in [5, 5.41) is 7.87. The Kier molecular flexibility index (Phi) is 3.94. The van der Waals surface area contributed by atoms with Gasteiger partial charge in [-0.05, 0) is 37.4 Å². The van der Waals surface area contributed by atoms with Gasteiger partial charge in [-0.2, -0.15) is 0 Å². The van der Waals surface area contributed by atoms with Gasteiger partial charge >= 0.3 is 0 Å². The summed E-state index contributed by atoms with van der Waals surface area (Å²) in [5.74, 6) is 0.704. The number of hydrogen-bond donors (Lipinski definition) is 2. The summed E-state index contributed by atoms with van der Waals surface area (Å²) in [4.78, 5) is 16.7. The molecule has 4 nitrogen and oxygen atoms in total. The van der Waals surface area contributed by atoms with Crippen molar-refractivity contribution in [2.75, 3.05) is 10.6 Å². The van der Waals surface area contributed by atoms with Crippen molar-refractivity contribution in [3.05, 3.63) is 40.7 Å². The molecule has 2 rings (SSSR count). The molecule has 2 N–H and O–H groups in total. The van der Waals surface area contributed by atoms with E-state index in [1.165, 1.54) is 11.3 Å². The summed E-state index contributed by atoms with van der Waals surface area (Å²) in [7, 11) is 0. The first-order valence-corrected chi connectivity index (χ1v) is 6.60. The van der Waals surface area contributed by atoms with E-state index in [4.69, 9.17) is 0 Å². The number of thiophene rings is 1. The van der Waals surface area contributed by atoms with Gasteiger partial charge in [-0.1, -0.05) is 6.07 Å². The molecule has 2 heterocycles. The SMILES string of the molecule is CC(C)Nc1ccc(NC(=O)c2cccs2)cn1. The summed E-state index contributed by atoms with van der Waals surface area (Å²) in [6, 6.07) is 7.67. The third-order valence-corrected chi connectivity index (χ3v) is 3.07. The highest BCUT2D eigenvalue weighted by atomic mass is 32.1. The van der Waals surface area contributed by atoms with Gasteiger partial charge < -0.3 is 10.6 Å². The Labute approximate surface area is 110 Å². The van der Waals surface area contributed by atoms with E-state index in [1.54, 1.807) is 12.3 Å². The van der Waals surface area contributed by atoms with Gasteiger partial charge in [0.05, 0.1) is 16.8 Å². The van der Waals surface area contributed by atoms with E-state index in [1.807, 2.05) is 37.4 Å². The Balaban J connectivity index is 2.00. The Hall–Kier alpha value is -1.88. The molecule has 18 heavy (non-hydrogen) atoms. The third-order valence-electron chi connectivity index (χ3n) is 2.20. The van der Waals surface area contributed by atoms with Crippen molar-refractivity contribution in [3.8, 4) is 0 Å². The number of amides is 1. The number of carbonyl (C=O) groups is 1. The highest BCUT2D eigenvalue weighted by Crippen LogP contribution is 2.14.